The number of hydrazone groups is 1. The van der Waals surface area contributed by atoms with Gasteiger partial charge in [-0.2, -0.15) is 5.10 Å². The molecule has 3 aromatic carbocycles. The second-order valence-corrected chi connectivity index (χ2v) is 8.79. The lowest BCUT2D eigenvalue weighted by Crippen LogP contribution is -2.33. The van der Waals surface area contributed by atoms with Gasteiger partial charge in [0.05, 0.1) is 11.8 Å². The first-order valence-electron chi connectivity index (χ1n) is 9.34. The Morgan fingerprint density at radius 1 is 1.00 bits per heavy atom. The van der Waals surface area contributed by atoms with Gasteiger partial charge < -0.3 is 9.47 Å². The Bertz CT molecular complexity index is 1140. The van der Waals surface area contributed by atoms with Gasteiger partial charge in [-0.05, 0) is 73.7 Å². The molecule has 1 amide bonds. The van der Waals surface area contributed by atoms with Gasteiger partial charge in [0.25, 0.3) is 5.91 Å². The molecule has 0 aliphatic carbocycles. The molecule has 0 radical (unpaired) electrons. The highest BCUT2D eigenvalue weighted by Crippen LogP contribution is 2.23. The maximum atomic E-state index is 12.4. The summed E-state index contributed by atoms with van der Waals surface area (Å²) in [4.78, 5) is 24.7. The zero-order valence-corrected chi connectivity index (χ0v) is 20.6. The second kappa shape index (κ2) is 11.3. The van der Waals surface area contributed by atoms with Crippen molar-refractivity contribution in [2.24, 2.45) is 5.10 Å². The molecule has 1 atom stereocenters. The average molecular weight is 581 g/mol. The third-order valence-corrected chi connectivity index (χ3v) is 5.40. The van der Waals surface area contributed by atoms with Crippen molar-refractivity contribution in [1.82, 2.24) is 5.43 Å². The van der Waals surface area contributed by atoms with E-state index >= 15 is 0 Å². The van der Waals surface area contributed by atoms with Gasteiger partial charge in [-0.25, -0.2) is 10.2 Å². The van der Waals surface area contributed by atoms with E-state index in [0.717, 1.165) is 8.95 Å². The van der Waals surface area contributed by atoms with E-state index in [1.807, 2.05) is 12.1 Å². The van der Waals surface area contributed by atoms with Crippen molar-refractivity contribution >= 4 is 61.6 Å². The lowest BCUT2D eigenvalue weighted by atomic mass is 10.2. The number of nitrogens with one attached hydrogen (secondary N) is 1. The number of carbonyl (C=O) groups excluding carboxylic acids is 2. The minimum atomic E-state index is -0.766. The van der Waals surface area contributed by atoms with Gasteiger partial charge in [-0.1, -0.05) is 43.5 Å². The molecular formula is C23H17Br2ClN2O4. The van der Waals surface area contributed by atoms with Gasteiger partial charge in [-0.15, -0.1) is 0 Å². The number of halogens is 3. The number of carbonyl (C=O) groups is 2. The summed E-state index contributed by atoms with van der Waals surface area (Å²) in [6.45, 7) is 1.62. The number of ether oxygens (including phenoxy) is 2. The number of hydrogen-bond acceptors (Lipinski definition) is 5. The molecule has 0 spiro atoms. The fraction of sp³-hybridized carbons (Fsp3) is 0.0870. The molecule has 3 rings (SSSR count). The van der Waals surface area contributed by atoms with Crippen molar-refractivity contribution in [3.05, 3.63) is 91.8 Å². The molecule has 0 saturated heterocycles. The smallest absolute Gasteiger partial charge is 0.343 e. The highest BCUT2D eigenvalue weighted by atomic mass is 79.9. The summed E-state index contributed by atoms with van der Waals surface area (Å²) in [6.07, 6.45) is 0.623. The largest absolute Gasteiger partial charge is 0.481 e. The number of esters is 1. The summed E-state index contributed by atoms with van der Waals surface area (Å²) in [5.41, 5.74) is 3.27. The first-order chi connectivity index (χ1) is 15.3. The molecule has 1 N–H and O–H groups in total. The van der Waals surface area contributed by atoms with Crippen LogP contribution < -0.4 is 14.9 Å². The van der Waals surface area contributed by atoms with Gasteiger partial charge in [0, 0.05) is 19.5 Å². The second-order valence-electron chi connectivity index (χ2n) is 6.53. The Balaban J connectivity index is 1.65. The maximum absolute atomic E-state index is 12.4. The van der Waals surface area contributed by atoms with Crippen LogP contribution in [0.3, 0.4) is 0 Å². The molecule has 0 unspecified atom stereocenters. The van der Waals surface area contributed by atoms with Gasteiger partial charge in [0.2, 0.25) is 0 Å². The summed E-state index contributed by atoms with van der Waals surface area (Å²) < 4.78 is 12.7. The van der Waals surface area contributed by atoms with Crippen LogP contribution in [0.5, 0.6) is 11.5 Å². The summed E-state index contributed by atoms with van der Waals surface area (Å²) in [7, 11) is 0. The Hall–Kier alpha value is -2.68. The first kappa shape index (κ1) is 24.0. The van der Waals surface area contributed by atoms with Gasteiger partial charge >= 0.3 is 5.97 Å². The molecule has 164 valence electrons. The molecule has 0 saturated carbocycles. The lowest BCUT2D eigenvalue weighted by molar-refractivity contribution is -0.127. The van der Waals surface area contributed by atoms with Crippen molar-refractivity contribution in [1.29, 1.82) is 0 Å². The number of benzene rings is 3. The lowest BCUT2D eigenvalue weighted by Gasteiger charge is -2.13. The first-order valence-corrected chi connectivity index (χ1v) is 11.3. The fourth-order valence-corrected chi connectivity index (χ4v) is 3.25. The van der Waals surface area contributed by atoms with Gasteiger partial charge in [0.15, 0.2) is 6.10 Å². The summed E-state index contributed by atoms with van der Waals surface area (Å²) >= 11 is 12.6. The predicted octanol–water partition coefficient (Wildman–Crippen LogP) is 6.00. The maximum Gasteiger partial charge on any atom is 0.343 e. The minimum Gasteiger partial charge on any atom is -0.481 e. The van der Waals surface area contributed by atoms with E-state index in [-0.39, 0.29) is 5.75 Å². The quantitative estimate of drug-likeness (QED) is 0.161. The third-order valence-electron chi connectivity index (χ3n) is 4.13. The molecular weight excluding hydrogens is 564 g/mol. The molecule has 9 heteroatoms. The molecule has 0 aliphatic heterocycles. The van der Waals surface area contributed by atoms with E-state index in [1.165, 1.54) is 6.21 Å². The third kappa shape index (κ3) is 6.91. The SMILES string of the molecule is C[C@@H](Oc1ccc(Br)cc1)C(=O)N/N=C\c1cc(Br)ccc1OC(=O)c1ccc(Cl)cc1. The molecule has 0 heterocycles. The molecule has 0 bridgehead atoms. The average Bonchev–Trinajstić information content (AvgIpc) is 2.77. The normalized spacial score (nSPS) is 11.8. The van der Waals surface area contributed by atoms with Gasteiger partial charge in [-0.3, -0.25) is 4.79 Å². The summed E-state index contributed by atoms with van der Waals surface area (Å²) in [5.74, 6) is -0.133. The molecule has 0 fully saturated rings. The van der Waals surface area contributed by atoms with Crippen LogP contribution in [-0.2, 0) is 4.79 Å². The van der Waals surface area contributed by atoms with Crippen molar-refractivity contribution in [2.45, 2.75) is 13.0 Å². The number of rotatable bonds is 7. The number of nitrogens with zero attached hydrogens (tertiary/aromatic N) is 1. The fourth-order valence-electron chi connectivity index (χ4n) is 2.49. The van der Waals surface area contributed by atoms with Crippen LogP contribution in [0, 0.1) is 0 Å². The van der Waals surface area contributed by atoms with Crippen molar-refractivity contribution < 1.29 is 19.1 Å². The van der Waals surface area contributed by atoms with E-state index in [2.05, 4.69) is 42.4 Å². The molecule has 0 aromatic heterocycles. The van der Waals surface area contributed by atoms with Gasteiger partial charge in [0.1, 0.15) is 11.5 Å². The van der Waals surface area contributed by atoms with Crippen LogP contribution >= 0.6 is 43.5 Å². The highest BCUT2D eigenvalue weighted by molar-refractivity contribution is 9.10. The predicted molar refractivity (Wildman–Crippen MR) is 131 cm³/mol. The topological polar surface area (TPSA) is 77.0 Å². The van der Waals surface area contributed by atoms with Crippen LogP contribution in [0.2, 0.25) is 5.02 Å². The van der Waals surface area contributed by atoms with Crippen molar-refractivity contribution in [3.8, 4) is 11.5 Å². The Morgan fingerprint density at radius 3 is 2.34 bits per heavy atom. The zero-order chi connectivity index (χ0) is 23.1. The van der Waals surface area contributed by atoms with Crippen LogP contribution in [-0.4, -0.2) is 24.2 Å². The Labute approximate surface area is 206 Å². The van der Waals surface area contributed by atoms with Crippen molar-refractivity contribution in [2.75, 3.05) is 0 Å². The van der Waals surface area contributed by atoms with E-state index in [1.54, 1.807) is 61.5 Å². The number of amides is 1. The van der Waals surface area contributed by atoms with Crippen molar-refractivity contribution in [3.63, 3.8) is 0 Å². The van der Waals surface area contributed by atoms with Crippen LogP contribution in [0.15, 0.2) is 80.8 Å². The Morgan fingerprint density at radius 2 is 1.66 bits per heavy atom. The minimum absolute atomic E-state index is 0.283. The standard InChI is InChI=1S/C23H17Br2ClN2O4/c1-14(31-20-9-4-17(24)5-10-20)22(29)28-27-13-16-12-18(25)6-11-21(16)32-23(30)15-2-7-19(26)8-3-15/h2-14H,1H3,(H,28,29)/b27-13-/t14-/m1/s1. The molecule has 0 aliphatic rings. The van der Waals surface area contributed by atoms with Crippen LogP contribution in [0.25, 0.3) is 0 Å². The van der Waals surface area contributed by atoms with Crippen LogP contribution in [0.4, 0.5) is 0 Å². The Kier molecular flexibility index (Phi) is 8.44. The van der Waals surface area contributed by atoms with E-state index in [9.17, 15) is 9.59 Å². The van der Waals surface area contributed by atoms with Crippen LogP contribution in [0.1, 0.15) is 22.8 Å². The monoisotopic (exact) mass is 578 g/mol. The highest BCUT2D eigenvalue weighted by Gasteiger charge is 2.15. The number of hydrogen-bond donors (Lipinski definition) is 1. The molecule has 3 aromatic rings. The van der Waals surface area contributed by atoms with E-state index < -0.39 is 18.0 Å². The molecule has 32 heavy (non-hydrogen) atoms. The van der Waals surface area contributed by atoms with E-state index in [4.69, 9.17) is 21.1 Å². The van der Waals surface area contributed by atoms with E-state index in [0.29, 0.717) is 21.9 Å². The summed E-state index contributed by atoms with van der Waals surface area (Å²) in [5, 5.41) is 4.49. The zero-order valence-electron chi connectivity index (χ0n) is 16.7. The molecule has 6 nitrogen and oxygen atoms in total. The summed E-state index contributed by atoms with van der Waals surface area (Å²) in [6, 6.07) is 18.6.